The Kier molecular flexibility index (Phi) is 6.80. The highest BCUT2D eigenvalue weighted by Gasteiger charge is 2.09. The Morgan fingerprint density at radius 3 is 2.33 bits per heavy atom. The van der Waals surface area contributed by atoms with Gasteiger partial charge in [0.1, 0.15) is 0 Å². The standard InChI is InChI=1S/C16H27NS/c1-5-11-17-13-14-6-8-15(9-7-14)18-12-10-16(2,3)4/h6-9,17H,5,10-13H2,1-4H3. The maximum absolute atomic E-state index is 3.43. The Morgan fingerprint density at radius 1 is 1.11 bits per heavy atom. The monoisotopic (exact) mass is 265 g/mol. The first kappa shape index (κ1) is 15.6. The third-order valence-electron chi connectivity index (χ3n) is 2.80. The minimum absolute atomic E-state index is 0.441. The van der Waals surface area contributed by atoms with Gasteiger partial charge in [-0.15, -0.1) is 11.8 Å². The van der Waals surface area contributed by atoms with Crippen molar-refractivity contribution in [1.29, 1.82) is 0 Å². The lowest BCUT2D eigenvalue weighted by atomic mass is 9.94. The van der Waals surface area contributed by atoms with Gasteiger partial charge in [-0.2, -0.15) is 0 Å². The second-order valence-electron chi connectivity index (χ2n) is 5.98. The van der Waals surface area contributed by atoms with Gasteiger partial charge in [-0.05, 0) is 48.3 Å². The smallest absolute Gasteiger partial charge is 0.0205 e. The first-order valence-electron chi connectivity index (χ1n) is 6.94. The van der Waals surface area contributed by atoms with Crippen molar-refractivity contribution >= 4 is 11.8 Å². The van der Waals surface area contributed by atoms with Gasteiger partial charge in [0.15, 0.2) is 0 Å². The van der Waals surface area contributed by atoms with Crippen LogP contribution in [0.4, 0.5) is 0 Å². The summed E-state index contributed by atoms with van der Waals surface area (Å²) in [5.41, 5.74) is 1.82. The van der Waals surface area contributed by atoms with E-state index in [1.165, 1.54) is 29.1 Å². The van der Waals surface area contributed by atoms with Crippen molar-refractivity contribution in [2.45, 2.75) is 52.0 Å². The normalized spacial score (nSPS) is 11.8. The summed E-state index contributed by atoms with van der Waals surface area (Å²) >= 11 is 1.96. The highest BCUT2D eigenvalue weighted by atomic mass is 32.2. The van der Waals surface area contributed by atoms with Gasteiger partial charge in [0.25, 0.3) is 0 Å². The minimum atomic E-state index is 0.441. The number of hydrogen-bond acceptors (Lipinski definition) is 2. The van der Waals surface area contributed by atoms with Crippen molar-refractivity contribution in [1.82, 2.24) is 5.32 Å². The molecule has 102 valence electrons. The summed E-state index contributed by atoms with van der Waals surface area (Å²) in [6.07, 6.45) is 2.46. The van der Waals surface area contributed by atoms with E-state index in [-0.39, 0.29) is 0 Å². The maximum Gasteiger partial charge on any atom is 0.0205 e. The van der Waals surface area contributed by atoms with Gasteiger partial charge in [-0.25, -0.2) is 0 Å². The number of hydrogen-bond donors (Lipinski definition) is 1. The fourth-order valence-corrected chi connectivity index (χ4v) is 2.87. The molecule has 0 aliphatic carbocycles. The molecular weight excluding hydrogens is 238 g/mol. The number of rotatable bonds is 7. The molecular formula is C16H27NS. The van der Waals surface area contributed by atoms with Crippen LogP contribution in [-0.2, 0) is 6.54 Å². The molecule has 0 spiro atoms. The van der Waals surface area contributed by atoms with Crippen LogP contribution in [0.1, 0.15) is 46.1 Å². The van der Waals surface area contributed by atoms with Crippen molar-refractivity contribution in [2.75, 3.05) is 12.3 Å². The van der Waals surface area contributed by atoms with Gasteiger partial charge < -0.3 is 5.32 Å². The zero-order valence-electron chi connectivity index (χ0n) is 12.3. The fourth-order valence-electron chi connectivity index (χ4n) is 1.59. The molecule has 1 aromatic carbocycles. The Balaban J connectivity index is 2.31. The van der Waals surface area contributed by atoms with Gasteiger partial charge in [0, 0.05) is 11.4 Å². The summed E-state index contributed by atoms with van der Waals surface area (Å²) in [7, 11) is 0. The lowest BCUT2D eigenvalue weighted by molar-refractivity contribution is 0.401. The van der Waals surface area contributed by atoms with Crippen LogP contribution in [0.15, 0.2) is 29.2 Å². The molecule has 18 heavy (non-hydrogen) atoms. The topological polar surface area (TPSA) is 12.0 Å². The van der Waals surface area contributed by atoms with Crippen LogP contribution in [0.25, 0.3) is 0 Å². The molecule has 0 saturated carbocycles. The summed E-state index contributed by atoms with van der Waals surface area (Å²) < 4.78 is 0. The zero-order chi connectivity index (χ0) is 13.4. The first-order chi connectivity index (χ1) is 8.51. The van der Waals surface area contributed by atoms with Crippen LogP contribution in [0.5, 0.6) is 0 Å². The summed E-state index contributed by atoms with van der Waals surface area (Å²) in [4.78, 5) is 1.39. The van der Waals surface area contributed by atoms with E-state index in [0.29, 0.717) is 5.41 Å². The van der Waals surface area contributed by atoms with Crippen molar-refractivity contribution in [3.63, 3.8) is 0 Å². The lowest BCUT2D eigenvalue weighted by Crippen LogP contribution is -2.13. The number of benzene rings is 1. The largest absolute Gasteiger partial charge is 0.313 e. The van der Waals surface area contributed by atoms with Gasteiger partial charge in [-0.1, -0.05) is 39.8 Å². The van der Waals surface area contributed by atoms with Gasteiger partial charge in [0.2, 0.25) is 0 Å². The van der Waals surface area contributed by atoms with Crippen molar-refractivity contribution in [3.05, 3.63) is 29.8 Å². The summed E-state index contributed by atoms with van der Waals surface area (Å²) in [5.74, 6) is 1.21. The Hall–Kier alpha value is -0.470. The van der Waals surface area contributed by atoms with Crippen LogP contribution in [-0.4, -0.2) is 12.3 Å². The Bertz CT molecular complexity index is 324. The molecule has 1 aromatic rings. The molecule has 0 saturated heterocycles. The second kappa shape index (κ2) is 7.85. The molecule has 0 fully saturated rings. The maximum atomic E-state index is 3.43. The van der Waals surface area contributed by atoms with Crippen molar-refractivity contribution in [2.24, 2.45) is 5.41 Å². The van der Waals surface area contributed by atoms with Crippen LogP contribution in [0, 0.1) is 5.41 Å². The van der Waals surface area contributed by atoms with Gasteiger partial charge in [0.05, 0.1) is 0 Å². The lowest BCUT2D eigenvalue weighted by Gasteiger charge is -2.17. The predicted octanol–water partition coefficient (Wildman–Crippen LogP) is 4.71. The highest BCUT2D eigenvalue weighted by molar-refractivity contribution is 7.99. The molecule has 0 amide bonds. The quantitative estimate of drug-likeness (QED) is 0.566. The van der Waals surface area contributed by atoms with Crippen LogP contribution in [0.3, 0.4) is 0 Å². The minimum Gasteiger partial charge on any atom is -0.313 e. The molecule has 0 aliphatic heterocycles. The molecule has 0 aromatic heterocycles. The molecule has 2 heteroatoms. The molecule has 0 bridgehead atoms. The molecule has 1 rings (SSSR count). The number of thioether (sulfide) groups is 1. The van der Waals surface area contributed by atoms with Crippen LogP contribution >= 0.6 is 11.8 Å². The molecule has 1 N–H and O–H groups in total. The molecule has 1 nitrogen and oxygen atoms in total. The van der Waals surface area contributed by atoms with E-state index in [0.717, 1.165) is 13.1 Å². The molecule has 0 heterocycles. The Labute approximate surface area is 117 Å². The molecule has 0 atom stereocenters. The van der Waals surface area contributed by atoms with Crippen LogP contribution < -0.4 is 5.32 Å². The summed E-state index contributed by atoms with van der Waals surface area (Å²) in [6, 6.07) is 8.97. The van der Waals surface area contributed by atoms with E-state index >= 15 is 0 Å². The summed E-state index contributed by atoms with van der Waals surface area (Å²) in [6.45, 7) is 11.2. The predicted molar refractivity (Wildman–Crippen MR) is 83.2 cm³/mol. The second-order valence-corrected chi connectivity index (χ2v) is 7.15. The Morgan fingerprint density at radius 2 is 1.78 bits per heavy atom. The highest BCUT2D eigenvalue weighted by Crippen LogP contribution is 2.25. The zero-order valence-corrected chi connectivity index (χ0v) is 13.1. The average Bonchev–Trinajstić information content (AvgIpc) is 2.30. The SMILES string of the molecule is CCCNCc1ccc(SCCC(C)(C)C)cc1. The fraction of sp³-hybridized carbons (Fsp3) is 0.625. The first-order valence-corrected chi connectivity index (χ1v) is 7.92. The van der Waals surface area contributed by atoms with E-state index in [1.54, 1.807) is 0 Å². The van der Waals surface area contributed by atoms with E-state index in [9.17, 15) is 0 Å². The van der Waals surface area contributed by atoms with Crippen molar-refractivity contribution in [3.8, 4) is 0 Å². The van der Waals surface area contributed by atoms with E-state index in [4.69, 9.17) is 0 Å². The van der Waals surface area contributed by atoms with Crippen LogP contribution in [0.2, 0.25) is 0 Å². The van der Waals surface area contributed by atoms with Gasteiger partial charge in [-0.3, -0.25) is 0 Å². The van der Waals surface area contributed by atoms with E-state index < -0.39 is 0 Å². The third-order valence-corrected chi connectivity index (χ3v) is 3.81. The molecule has 0 unspecified atom stereocenters. The average molecular weight is 265 g/mol. The van der Waals surface area contributed by atoms with E-state index in [1.807, 2.05) is 11.8 Å². The van der Waals surface area contributed by atoms with Gasteiger partial charge >= 0.3 is 0 Å². The summed E-state index contributed by atoms with van der Waals surface area (Å²) in [5, 5.41) is 3.43. The molecule has 0 aliphatic rings. The number of nitrogens with one attached hydrogen (secondary N) is 1. The van der Waals surface area contributed by atoms with E-state index in [2.05, 4.69) is 57.3 Å². The molecule has 0 radical (unpaired) electrons. The third kappa shape index (κ3) is 7.07. The van der Waals surface area contributed by atoms with Crippen molar-refractivity contribution < 1.29 is 0 Å².